The van der Waals surface area contributed by atoms with Crippen LogP contribution in [0.25, 0.3) is 11.1 Å². The number of aromatic nitrogens is 1. The third-order valence-electron chi connectivity index (χ3n) is 4.71. The number of amides is 1. The molecular formula is C22H21N5O2. The topological polar surface area (TPSA) is 92.8 Å². The molecule has 0 spiro atoms. The average Bonchev–Trinajstić information content (AvgIpc) is 3.18. The SMILES string of the molecule is COc1ccccc1-c1ccnc(N2NC(C(N)=O)=NC2Cc2ccccc2)c1. The van der Waals surface area contributed by atoms with E-state index < -0.39 is 5.91 Å². The number of primary amides is 1. The maximum absolute atomic E-state index is 11.7. The smallest absolute Gasteiger partial charge is 0.285 e. The molecule has 0 saturated heterocycles. The van der Waals surface area contributed by atoms with Gasteiger partial charge in [-0.25, -0.2) is 15.0 Å². The number of nitrogens with one attached hydrogen (secondary N) is 1. The molecule has 2 aromatic carbocycles. The Morgan fingerprint density at radius 2 is 1.90 bits per heavy atom. The Kier molecular flexibility index (Phi) is 5.11. The second kappa shape index (κ2) is 8.02. The summed E-state index contributed by atoms with van der Waals surface area (Å²) in [5, 5.41) is 1.77. The Labute approximate surface area is 168 Å². The van der Waals surface area contributed by atoms with Crippen LogP contribution in [0.1, 0.15) is 5.56 Å². The lowest BCUT2D eigenvalue weighted by atomic mass is 10.1. The molecule has 0 bridgehead atoms. The van der Waals surface area contributed by atoms with Gasteiger partial charge in [0.05, 0.1) is 7.11 Å². The molecule has 29 heavy (non-hydrogen) atoms. The summed E-state index contributed by atoms with van der Waals surface area (Å²) in [4.78, 5) is 20.7. The minimum absolute atomic E-state index is 0.121. The van der Waals surface area contributed by atoms with E-state index in [9.17, 15) is 4.79 Å². The Morgan fingerprint density at radius 1 is 1.14 bits per heavy atom. The number of hydrogen-bond donors (Lipinski definition) is 2. The second-order valence-corrected chi connectivity index (χ2v) is 6.60. The highest BCUT2D eigenvalue weighted by Gasteiger charge is 2.30. The van der Waals surface area contributed by atoms with Gasteiger partial charge in [0.1, 0.15) is 17.7 Å². The number of benzene rings is 2. The summed E-state index contributed by atoms with van der Waals surface area (Å²) in [6, 6.07) is 21.6. The van der Waals surface area contributed by atoms with E-state index in [-0.39, 0.29) is 12.0 Å². The summed E-state index contributed by atoms with van der Waals surface area (Å²) in [5.41, 5.74) is 11.4. The van der Waals surface area contributed by atoms with Gasteiger partial charge in [-0.3, -0.25) is 10.2 Å². The number of aliphatic imine (C=N–C) groups is 1. The molecule has 3 N–H and O–H groups in total. The molecule has 0 fully saturated rings. The lowest BCUT2D eigenvalue weighted by molar-refractivity contribution is -0.112. The van der Waals surface area contributed by atoms with Gasteiger partial charge < -0.3 is 10.5 Å². The number of nitrogens with two attached hydrogens (primary N) is 1. The molecule has 146 valence electrons. The number of hydrogen-bond acceptors (Lipinski definition) is 6. The largest absolute Gasteiger partial charge is 0.496 e. The molecule has 1 unspecified atom stereocenters. The van der Waals surface area contributed by atoms with E-state index in [1.165, 1.54) is 0 Å². The molecule has 4 rings (SSSR count). The number of methoxy groups -OCH3 is 1. The zero-order valence-electron chi connectivity index (χ0n) is 15.9. The van der Waals surface area contributed by atoms with Crippen LogP contribution < -0.4 is 20.9 Å². The van der Waals surface area contributed by atoms with Gasteiger partial charge in [-0.05, 0) is 29.3 Å². The fourth-order valence-corrected chi connectivity index (χ4v) is 3.32. The number of nitrogens with zero attached hydrogens (tertiary/aromatic N) is 3. The zero-order chi connectivity index (χ0) is 20.2. The Morgan fingerprint density at radius 3 is 2.66 bits per heavy atom. The lowest BCUT2D eigenvalue weighted by Crippen LogP contribution is -2.45. The molecule has 0 saturated carbocycles. The Balaban J connectivity index is 1.68. The second-order valence-electron chi connectivity index (χ2n) is 6.60. The van der Waals surface area contributed by atoms with Gasteiger partial charge >= 0.3 is 0 Å². The molecule has 1 aliphatic heterocycles. The first-order valence-electron chi connectivity index (χ1n) is 9.22. The van der Waals surface area contributed by atoms with Crippen molar-refractivity contribution in [3.8, 4) is 16.9 Å². The van der Waals surface area contributed by atoms with Gasteiger partial charge in [0.25, 0.3) is 5.91 Å². The lowest BCUT2D eigenvalue weighted by Gasteiger charge is -2.24. The highest BCUT2D eigenvalue weighted by atomic mass is 16.5. The molecule has 0 radical (unpaired) electrons. The minimum atomic E-state index is -0.605. The standard InChI is InChI=1S/C22H21N5O2/c1-29-18-10-6-5-9-17(18)16-11-12-24-19(14-16)27-20(25-22(26-27)21(23)28)13-15-7-3-2-4-8-15/h2-12,14,20H,13H2,1H3,(H2,23,28)(H,25,26). The summed E-state index contributed by atoms with van der Waals surface area (Å²) in [6.07, 6.45) is 1.98. The third-order valence-corrected chi connectivity index (χ3v) is 4.71. The van der Waals surface area contributed by atoms with Crippen molar-refractivity contribution in [1.82, 2.24) is 10.4 Å². The van der Waals surface area contributed by atoms with Crippen LogP contribution in [0.15, 0.2) is 77.9 Å². The van der Waals surface area contributed by atoms with Crippen LogP contribution in [0, 0.1) is 0 Å². The number of ether oxygens (including phenoxy) is 1. The average molecular weight is 387 g/mol. The molecule has 7 heteroatoms. The first kappa shape index (κ1) is 18.5. The summed E-state index contributed by atoms with van der Waals surface area (Å²) in [6.45, 7) is 0. The molecule has 2 heterocycles. The van der Waals surface area contributed by atoms with Crippen molar-refractivity contribution in [2.45, 2.75) is 12.6 Å². The monoisotopic (exact) mass is 387 g/mol. The van der Waals surface area contributed by atoms with Gasteiger partial charge in [0.2, 0.25) is 5.84 Å². The molecule has 0 aliphatic carbocycles. The van der Waals surface area contributed by atoms with E-state index >= 15 is 0 Å². The number of carbonyl (C=O) groups excluding carboxylic acids is 1. The number of hydrazine groups is 1. The van der Waals surface area contributed by atoms with Crippen molar-refractivity contribution >= 4 is 17.6 Å². The molecule has 1 aliphatic rings. The van der Waals surface area contributed by atoms with E-state index in [1.54, 1.807) is 18.3 Å². The molecule has 3 aromatic rings. The molecule has 1 atom stereocenters. The van der Waals surface area contributed by atoms with Crippen LogP contribution in [0.5, 0.6) is 5.75 Å². The fourth-order valence-electron chi connectivity index (χ4n) is 3.32. The molecule has 1 aromatic heterocycles. The number of carbonyl (C=O) groups is 1. The zero-order valence-corrected chi connectivity index (χ0v) is 15.9. The van der Waals surface area contributed by atoms with Crippen molar-refractivity contribution in [2.75, 3.05) is 12.1 Å². The molecular weight excluding hydrogens is 366 g/mol. The maximum Gasteiger partial charge on any atom is 0.285 e. The van der Waals surface area contributed by atoms with Crippen molar-refractivity contribution < 1.29 is 9.53 Å². The van der Waals surface area contributed by atoms with Crippen LogP contribution in [-0.4, -0.2) is 30.0 Å². The number of rotatable bonds is 6. The Hall–Kier alpha value is -3.87. The van der Waals surface area contributed by atoms with E-state index in [4.69, 9.17) is 10.5 Å². The van der Waals surface area contributed by atoms with E-state index in [2.05, 4.69) is 15.4 Å². The molecule has 7 nitrogen and oxygen atoms in total. The van der Waals surface area contributed by atoms with E-state index in [0.29, 0.717) is 12.2 Å². The van der Waals surface area contributed by atoms with Crippen LogP contribution in [0.4, 0.5) is 5.82 Å². The van der Waals surface area contributed by atoms with Gasteiger partial charge in [-0.1, -0.05) is 48.5 Å². The molecule has 1 amide bonds. The summed E-state index contributed by atoms with van der Waals surface area (Å²) >= 11 is 0. The van der Waals surface area contributed by atoms with Crippen molar-refractivity contribution in [3.63, 3.8) is 0 Å². The van der Waals surface area contributed by atoms with Gasteiger partial charge in [-0.2, -0.15) is 0 Å². The normalized spacial score (nSPS) is 15.6. The maximum atomic E-state index is 11.7. The Bertz CT molecular complexity index is 1050. The number of anilines is 1. The van der Waals surface area contributed by atoms with Gasteiger partial charge in [0, 0.05) is 18.2 Å². The highest BCUT2D eigenvalue weighted by molar-refractivity contribution is 6.38. The predicted octanol–water partition coefficient (Wildman–Crippen LogP) is 2.53. The van der Waals surface area contributed by atoms with E-state index in [0.717, 1.165) is 22.4 Å². The summed E-state index contributed by atoms with van der Waals surface area (Å²) in [7, 11) is 1.64. The third kappa shape index (κ3) is 3.89. The predicted molar refractivity (Wildman–Crippen MR) is 112 cm³/mol. The van der Waals surface area contributed by atoms with Crippen molar-refractivity contribution in [2.24, 2.45) is 10.7 Å². The van der Waals surface area contributed by atoms with Crippen LogP contribution >= 0.6 is 0 Å². The number of pyridine rings is 1. The number of para-hydroxylation sites is 1. The van der Waals surface area contributed by atoms with Crippen molar-refractivity contribution in [1.29, 1.82) is 0 Å². The number of amidine groups is 1. The van der Waals surface area contributed by atoms with E-state index in [1.807, 2.05) is 66.7 Å². The van der Waals surface area contributed by atoms with Crippen LogP contribution in [-0.2, 0) is 11.2 Å². The summed E-state index contributed by atoms with van der Waals surface area (Å²) in [5.74, 6) is 0.921. The fraction of sp³-hybridized carbons (Fsp3) is 0.136. The quantitative estimate of drug-likeness (QED) is 0.678. The van der Waals surface area contributed by atoms with Gasteiger partial charge in [0.15, 0.2) is 0 Å². The summed E-state index contributed by atoms with van der Waals surface area (Å²) < 4.78 is 5.48. The van der Waals surface area contributed by atoms with Crippen molar-refractivity contribution in [3.05, 3.63) is 78.5 Å². The highest BCUT2D eigenvalue weighted by Crippen LogP contribution is 2.31. The van der Waals surface area contributed by atoms with Crippen LogP contribution in [0.3, 0.4) is 0 Å². The van der Waals surface area contributed by atoms with Crippen LogP contribution in [0.2, 0.25) is 0 Å². The first-order valence-corrected chi connectivity index (χ1v) is 9.22. The first-order chi connectivity index (χ1) is 14.2. The van der Waals surface area contributed by atoms with Gasteiger partial charge in [-0.15, -0.1) is 0 Å². The minimum Gasteiger partial charge on any atom is -0.496 e.